The zero-order valence-corrected chi connectivity index (χ0v) is 13.9. The number of ether oxygens (including phenoxy) is 1. The molecule has 0 radical (unpaired) electrons. The van der Waals surface area contributed by atoms with Gasteiger partial charge in [0.25, 0.3) is 0 Å². The number of carbonyl (C=O) groups is 1. The monoisotopic (exact) mass is 342 g/mol. The highest BCUT2D eigenvalue weighted by Gasteiger charge is 2.40. The lowest BCUT2D eigenvalue weighted by Crippen LogP contribution is -2.48. The molecule has 1 aliphatic carbocycles. The molecular weight excluding hydrogens is 319 g/mol. The Morgan fingerprint density at radius 1 is 1.30 bits per heavy atom. The molecule has 1 heterocycles. The van der Waals surface area contributed by atoms with Crippen LogP contribution in [-0.4, -0.2) is 31.2 Å². The molecule has 2 fully saturated rings. The van der Waals surface area contributed by atoms with Crippen molar-refractivity contribution in [2.45, 2.75) is 49.7 Å². The second-order valence-corrected chi connectivity index (χ2v) is 6.42. The van der Waals surface area contributed by atoms with Crippen LogP contribution in [0.3, 0.4) is 0 Å². The maximum Gasteiger partial charge on any atom is 0.249 e. The van der Waals surface area contributed by atoms with Crippen LogP contribution in [0.2, 0.25) is 0 Å². The third kappa shape index (κ3) is 3.84. The van der Waals surface area contributed by atoms with Gasteiger partial charge in [0.15, 0.2) is 0 Å². The topological polar surface area (TPSA) is 64.4 Å². The molecule has 1 saturated carbocycles. The van der Waals surface area contributed by atoms with Gasteiger partial charge >= 0.3 is 0 Å². The molecule has 6 heteroatoms. The number of amides is 1. The van der Waals surface area contributed by atoms with E-state index < -0.39 is 0 Å². The fourth-order valence-electron chi connectivity index (χ4n) is 3.42. The van der Waals surface area contributed by atoms with Crippen LogP contribution in [0.15, 0.2) is 24.3 Å². The zero-order chi connectivity index (χ0) is 15.6. The Hall–Kier alpha value is -1.17. The number of rotatable bonds is 5. The molecule has 0 aromatic heterocycles. The fraction of sp³-hybridized carbons (Fsp3) is 0.588. The smallest absolute Gasteiger partial charge is 0.249 e. The van der Waals surface area contributed by atoms with Crippen LogP contribution in [0, 0.1) is 5.82 Å². The highest BCUT2D eigenvalue weighted by Crippen LogP contribution is 2.43. The summed E-state index contributed by atoms with van der Waals surface area (Å²) in [5, 5.41) is 3.03. The van der Waals surface area contributed by atoms with Crippen LogP contribution in [0.4, 0.5) is 4.39 Å². The van der Waals surface area contributed by atoms with Gasteiger partial charge in [-0.15, -0.1) is 12.4 Å². The van der Waals surface area contributed by atoms with Gasteiger partial charge in [0, 0.05) is 18.5 Å². The number of benzene rings is 1. The van der Waals surface area contributed by atoms with Crippen LogP contribution in [0.25, 0.3) is 0 Å². The molecule has 1 saturated heterocycles. The normalized spacial score (nSPS) is 25.3. The van der Waals surface area contributed by atoms with Gasteiger partial charge in [0.2, 0.25) is 5.91 Å². The molecule has 3 rings (SSSR count). The van der Waals surface area contributed by atoms with Crippen LogP contribution in [0.1, 0.15) is 37.7 Å². The van der Waals surface area contributed by atoms with Crippen molar-refractivity contribution >= 4 is 18.3 Å². The van der Waals surface area contributed by atoms with Crippen molar-refractivity contribution in [3.8, 4) is 0 Å². The predicted octanol–water partition coefficient (Wildman–Crippen LogP) is 2.29. The van der Waals surface area contributed by atoms with Crippen molar-refractivity contribution in [3.05, 3.63) is 35.6 Å². The van der Waals surface area contributed by atoms with E-state index >= 15 is 0 Å². The van der Waals surface area contributed by atoms with Gasteiger partial charge in [-0.25, -0.2) is 4.39 Å². The van der Waals surface area contributed by atoms with Crippen LogP contribution >= 0.6 is 12.4 Å². The molecule has 2 aliphatic rings. The van der Waals surface area contributed by atoms with Gasteiger partial charge in [0.1, 0.15) is 11.9 Å². The first-order valence-corrected chi connectivity index (χ1v) is 8.02. The first kappa shape index (κ1) is 18.2. The molecule has 23 heavy (non-hydrogen) atoms. The largest absolute Gasteiger partial charge is 0.364 e. The minimum absolute atomic E-state index is 0. The van der Waals surface area contributed by atoms with E-state index in [9.17, 15) is 9.18 Å². The molecule has 4 nitrogen and oxygen atoms in total. The first-order chi connectivity index (χ1) is 10.6. The van der Waals surface area contributed by atoms with Crippen molar-refractivity contribution in [1.29, 1.82) is 0 Å². The highest BCUT2D eigenvalue weighted by atomic mass is 35.5. The molecule has 1 amide bonds. The van der Waals surface area contributed by atoms with Crippen LogP contribution in [0.5, 0.6) is 0 Å². The van der Waals surface area contributed by atoms with E-state index in [4.69, 9.17) is 10.5 Å². The van der Waals surface area contributed by atoms with E-state index in [1.54, 1.807) is 0 Å². The summed E-state index contributed by atoms with van der Waals surface area (Å²) >= 11 is 0. The number of carbonyl (C=O) groups excluding carboxylic acids is 1. The SMILES string of the molecule is Cl.NC[C@H]1CC[C@@H](C(=O)NCC2(c3ccc(F)cc3)CCC2)O1. The Labute approximate surface area is 142 Å². The molecule has 0 bridgehead atoms. The minimum Gasteiger partial charge on any atom is -0.364 e. The third-order valence-electron chi connectivity index (χ3n) is 5.03. The Kier molecular flexibility index (Phi) is 6.00. The lowest BCUT2D eigenvalue weighted by atomic mass is 9.64. The predicted molar refractivity (Wildman–Crippen MR) is 89.1 cm³/mol. The lowest BCUT2D eigenvalue weighted by molar-refractivity contribution is -0.132. The quantitative estimate of drug-likeness (QED) is 0.863. The van der Waals surface area contributed by atoms with Crippen LogP contribution in [-0.2, 0) is 14.9 Å². The summed E-state index contributed by atoms with van der Waals surface area (Å²) < 4.78 is 18.7. The first-order valence-electron chi connectivity index (χ1n) is 8.02. The molecule has 1 aromatic carbocycles. The number of hydrogen-bond acceptors (Lipinski definition) is 3. The van der Waals surface area contributed by atoms with E-state index in [-0.39, 0.29) is 41.8 Å². The van der Waals surface area contributed by atoms with Gasteiger partial charge in [-0.3, -0.25) is 4.79 Å². The zero-order valence-electron chi connectivity index (χ0n) is 13.1. The van der Waals surface area contributed by atoms with Gasteiger partial charge < -0.3 is 15.8 Å². The molecule has 3 N–H and O–H groups in total. The highest BCUT2D eigenvalue weighted by molar-refractivity contribution is 5.85. The van der Waals surface area contributed by atoms with Crippen LogP contribution < -0.4 is 11.1 Å². The van der Waals surface area contributed by atoms with Gasteiger partial charge in [-0.1, -0.05) is 18.6 Å². The number of nitrogens with two attached hydrogens (primary N) is 1. The molecule has 128 valence electrons. The maximum absolute atomic E-state index is 13.1. The standard InChI is InChI=1S/C17H23FN2O2.ClH/c18-13-4-2-12(3-5-13)17(8-1-9-17)11-20-16(21)15-7-6-14(10-19)22-15;/h2-5,14-15H,1,6-11,19H2,(H,20,21);1H/t14-,15+;/m1./s1. The summed E-state index contributed by atoms with van der Waals surface area (Å²) in [6.07, 6.45) is 4.40. The van der Waals surface area contributed by atoms with E-state index in [1.807, 2.05) is 12.1 Å². The molecule has 1 aromatic rings. The van der Waals surface area contributed by atoms with Crippen molar-refractivity contribution < 1.29 is 13.9 Å². The summed E-state index contributed by atoms with van der Waals surface area (Å²) in [5.74, 6) is -0.279. The minimum atomic E-state index is -0.376. The second-order valence-electron chi connectivity index (χ2n) is 6.42. The Morgan fingerprint density at radius 2 is 2.00 bits per heavy atom. The summed E-state index contributed by atoms with van der Waals surface area (Å²) in [5.41, 5.74) is 6.63. The Bertz CT molecular complexity index is 534. The van der Waals surface area contributed by atoms with E-state index in [2.05, 4.69) is 5.32 Å². The Morgan fingerprint density at radius 3 is 2.52 bits per heavy atom. The van der Waals surface area contributed by atoms with Gasteiger partial charge in [0.05, 0.1) is 6.10 Å². The lowest BCUT2D eigenvalue weighted by Gasteiger charge is -2.42. The van der Waals surface area contributed by atoms with Gasteiger partial charge in [-0.05, 0) is 43.4 Å². The molecule has 0 unspecified atom stereocenters. The summed E-state index contributed by atoms with van der Waals surface area (Å²) in [7, 11) is 0. The third-order valence-corrected chi connectivity index (χ3v) is 5.03. The summed E-state index contributed by atoms with van der Waals surface area (Å²) in [6.45, 7) is 1.05. The maximum atomic E-state index is 13.1. The summed E-state index contributed by atoms with van der Waals surface area (Å²) in [6, 6.07) is 6.64. The number of halogens is 2. The van der Waals surface area contributed by atoms with E-state index in [0.29, 0.717) is 13.1 Å². The molecule has 0 spiro atoms. The van der Waals surface area contributed by atoms with Gasteiger partial charge in [-0.2, -0.15) is 0 Å². The van der Waals surface area contributed by atoms with E-state index in [0.717, 1.165) is 37.7 Å². The average Bonchev–Trinajstić information content (AvgIpc) is 2.96. The Balaban J connectivity index is 0.00000192. The van der Waals surface area contributed by atoms with E-state index in [1.165, 1.54) is 12.1 Å². The average molecular weight is 343 g/mol. The molecular formula is C17H24ClFN2O2. The summed E-state index contributed by atoms with van der Waals surface area (Å²) in [4.78, 5) is 12.2. The molecule has 1 aliphatic heterocycles. The fourth-order valence-corrected chi connectivity index (χ4v) is 3.42. The van der Waals surface area contributed by atoms with Crippen molar-refractivity contribution in [1.82, 2.24) is 5.32 Å². The number of nitrogens with one attached hydrogen (secondary N) is 1. The van der Waals surface area contributed by atoms with Crippen molar-refractivity contribution in [3.63, 3.8) is 0 Å². The second kappa shape index (κ2) is 7.60. The van der Waals surface area contributed by atoms with Crippen molar-refractivity contribution in [2.24, 2.45) is 5.73 Å². The number of hydrogen-bond donors (Lipinski definition) is 2. The molecule has 2 atom stereocenters. The van der Waals surface area contributed by atoms with Crippen molar-refractivity contribution in [2.75, 3.05) is 13.1 Å².